The maximum absolute atomic E-state index is 4.55. The smallest absolute Gasteiger partial charge is 0.125 e. The van der Waals surface area contributed by atoms with Crippen LogP contribution in [0.4, 0.5) is 0 Å². The lowest BCUT2D eigenvalue weighted by molar-refractivity contribution is 0.433. The Bertz CT molecular complexity index is 341. The highest BCUT2D eigenvalue weighted by Gasteiger charge is 2.34. The molecule has 20 heavy (non-hydrogen) atoms. The molecule has 0 aromatic carbocycles. The molecule has 0 aliphatic heterocycles. The fourth-order valence-electron chi connectivity index (χ4n) is 2.39. The molecule has 5 heteroatoms. The van der Waals surface area contributed by atoms with Gasteiger partial charge in [-0.1, -0.05) is 65.2 Å². The van der Waals surface area contributed by atoms with E-state index in [1.54, 1.807) is 16.8 Å². The maximum atomic E-state index is 4.55. The first-order valence-corrected chi connectivity index (χ1v) is 9.65. The van der Waals surface area contributed by atoms with E-state index < -0.39 is 0 Å². The van der Waals surface area contributed by atoms with Crippen LogP contribution in [0.15, 0.2) is 5.51 Å². The quantitative estimate of drug-likeness (QED) is 0.317. The SMILES string of the molecule is CCCCCCCCCCC(C)(c1nncs1)C(S)S. The molecule has 0 saturated heterocycles. The minimum Gasteiger partial charge on any atom is -0.164 e. The van der Waals surface area contributed by atoms with Gasteiger partial charge >= 0.3 is 0 Å². The van der Waals surface area contributed by atoms with Crippen molar-refractivity contribution in [3.8, 4) is 0 Å². The van der Waals surface area contributed by atoms with Gasteiger partial charge in [0.25, 0.3) is 0 Å². The lowest BCUT2D eigenvalue weighted by atomic mass is 9.87. The van der Waals surface area contributed by atoms with Crippen molar-refractivity contribution < 1.29 is 0 Å². The second-order valence-electron chi connectivity index (χ2n) is 5.76. The Kier molecular flexibility index (Phi) is 9.21. The molecule has 1 aromatic rings. The highest BCUT2D eigenvalue weighted by atomic mass is 32.2. The first-order chi connectivity index (χ1) is 9.61. The van der Waals surface area contributed by atoms with Crippen molar-refractivity contribution in [2.45, 2.75) is 81.6 Å². The molecular weight excluding hydrogens is 304 g/mol. The van der Waals surface area contributed by atoms with E-state index >= 15 is 0 Å². The molecule has 0 fully saturated rings. The van der Waals surface area contributed by atoms with Gasteiger partial charge in [0.05, 0.1) is 4.58 Å². The standard InChI is InChI=1S/C15H28N2S3/c1-3-4-5-6-7-8-9-10-11-15(2,14(18)19)13-17-16-12-20-13/h12,14,18-19H,3-11H2,1-2H3. The van der Waals surface area contributed by atoms with E-state index in [1.807, 2.05) is 0 Å². The molecule has 0 amide bonds. The van der Waals surface area contributed by atoms with Crippen molar-refractivity contribution >= 4 is 36.6 Å². The zero-order valence-electron chi connectivity index (χ0n) is 12.7. The molecule has 2 nitrogen and oxygen atoms in total. The van der Waals surface area contributed by atoms with Crippen molar-refractivity contribution in [2.24, 2.45) is 0 Å². The number of hydrogen-bond donors (Lipinski definition) is 2. The monoisotopic (exact) mass is 332 g/mol. The van der Waals surface area contributed by atoms with Crippen LogP contribution in [0.5, 0.6) is 0 Å². The van der Waals surface area contributed by atoms with Crippen LogP contribution in [0, 0.1) is 0 Å². The van der Waals surface area contributed by atoms with Crippen molar-refractivity contribution in [1.29, 1.82) is 0 Å². The molecule has 0 saturated carbocycles. The molecule has 1 aromatic heterocycles. The minimum atomic E-state index is -0.0599. The topological polar surface area (TPSA) is 25.8 Å². The second kappa shape index (κ2) is 10.1. The summed E-state index contributed by atoms with van der Waals surface area (Å²) in [5.74, 6) is 0. The van der Waals surface area contributed by atoms with Crippen LogP contribution in [0.25, 0.3) is 0 Å². The van der Waals surface area contributed by atoms with E-state index in [0.29, 0.717) is 0 Å². The van der Waals surface area contributed by atoms with Crippen LogP contribution in [-0.4, -0.2) is 14.8 Å². The van der Waals surface area contributed by atoms with Gasteiger partial charge in [0.2, 0.25) is 0 Å². The molecule has 1 unspecified atom stereocenters. The van der Waals surface area contributed by atoms with Crippen LogP contribution < -0.4 is 0 Å². The fourth-order valence-corrected chi connectivity index (χ4v) is 3.85. The van der Waals surface area contributed by atoms with Gasteiger partial charge in [-0.25, -0.2) is 0 Å². The largest absolute Gasteiger partial charge is 0.164 e. The third-order valence-electron chi connectivity index (χ3n) is 3.97. The minimum absolute atomic E-state index is 0.0139. The summed E-state index contributed by atoms with van der Waals surface area (Å²) in [6, 6.07) is 0. The van der Waals surface area contributed by atoms with Crippen molar-refractivity contribution in [3.63, 3.8) is 0 Å². The third-order valence-corrected chi connectivity index (χ3v) is 6.08. The van der Waals surface area contributed by atoms with Crippen LogP contribution in [0.1, 0.15) is 76.6 Å². The summed E-state index contributed by atoms with van der Waals surface area (Å²) in [7, 11) is 0. The van der Waals surface area contributed by atoms with Crippen molar-refractivity contribution in [3.05, 3.63) is 10.5 Å². The fraction of sp³-hybridized carbons (Fsp3) is 0.867. The number of rotatable bonds is 11. The van der Waals surface area contributed by atoms with E-state index in [2.05, 4.69) is 49.3 Å². The summed E-state index contributed by atoms with van der Waals surface area (Å²) >= 11 is 10.7. The van der Waals surface area contributed by atoms with Crippen LogP contribution >= 0.6 is 36.6 Å². The molecule has 0 bridgehead atoms. The van der Waals surface area contributed by atoms with Gasteiger partial charge in [-0.2, -0.15) is 25.3 Å². The van der Waals surface area contributed by atoms with Crippen LogP contribution in [0.2, 0.25) is 0 Å². The highest BCUT2D eigenvalue weighted by Crippen LogP contribution is 2.38. The van der Waals surface area contributed by atoms with E-state index in [-0.39, 0.29) is 10.00 Å². The van der Waals surface area contributed by atoms with Gasteiger partial charge in [-0.05, 0) is 6.42 Å². The zero-order valence-corrected chi connectivity index (χ0v) is 15.3. The van der Waals surface area contributed by atoms with Gasteiger partial charge in [0, 0.05) is 5.41 Å². The molecule has 0 aliphatic carbocycles. The summed E-state index contributed by atoms with van der Waals surface area (Å²) in [6.45, 7) is 4.47. The summed E-state index contributed by atoms with van der Waals surface area (Å²) in [6.07, 6.45) is 11.8. The first kappa shape index (κ1) is 18.3. The lowest BCUT2D eigenvalue weighted by Gasteiger charge is -2.29. The van der Waals surface area contributed by atoms with Crippen LogP contribution in [-0.2, 0) is 5.41 Å². The zero-order chi connectivity index (χ0) is 14.8. The van der Waals surface area contributed by atoms with Crippen molar-refractivity contribution in [1.82, 2.24) is 10.2 Å². The molecule has 1 atom stereocenters. The molecule has 1 rings (SSSR count). The van der Waals surface area contributed by atoms with Gasteiger partial charge in [0.15, 0.2) is 0 Å². The summed E-state index contributed by atoms with van der Waals surface area (Å²) in [5.41, 5.74) is 1.74. The predicted octanol–water partition coefficient (Wildman–Crippen LogP) is 5.51. The Hall–Kier alpha value is 0.260. The molecule has 0 N–H and O–H groups in total. The summed E-state index contributed by atoms with van der Waals surface area (Å²) in [4.78, 5) is 0. The Morgan fingerprint density at radius 3 is 2.20 bits per heavy atom. The van der Waals surface area contributed by atoms with E-state index in [9.17, 15) is 0 Å². The Morgan fingerprint density at radius 1 is 1.10 bits per heavy atom. The number of nitrogens with zero attached hydrogens (tertiary/aromatic N) is 2. The third kappa shape index (κ3) is 5.94. The van der Waals surface area contributed by atoms with Crippen LogP contribution in [0.3, 0.4) is 0 Å². The van der Waals surface area contributed by atoms with Gasteiger partial charge in [0.1, 0.15) is 10.5 Å². The Balaban J connectivity index is 2.24. The van der Waals surface area contributed by atoms with E-state index in [0.717, 1.165) is 11.4 Å². The lowest BCUT2D eigenvalue weighted by Crippen LogP contribution is -2.29. The number of hydrogen-bond acceptors (Lipinski definition) is 5. The Labute approximate surface area is 139 Å². The summed E-state index contributed by atoms with van der Waals surface area (Å²) < 4.78 is 0.0139. The molecule has 116 valence electrons. The van der Waals surface area contributed by atoms with Gasteiger partial charge in [-0.15, -0.1) is 21.5 Å². The molecular formula is C15H28N2S3. The average molecular weight is 333 g/mol. The predicted molar refractivity (Wildman–Crippen MR) is 96.2 cm³/mol. The Morgan fingerprint density at radius 2 is 1.70 bits per heavy atom. The maximum Gasteiger partial charge on any atom is 0.125 e. The number of thiol groups is 2. The first-order valence-electron chi connectivity index (χ1n) is 7.74. The highest BCUT2D eigenvalue weighted by molar-refractivity contribution is 7.99. The molecule has 0 radical (unpaired) electrons. The number of aromatic nitrogens is 2. The molecule has 0 aliphatic rings. The van der Waals surface area contributed by atoms with Crippen molar-refractivity contribution in [2.75, 3.05) is 0 Å². The number of unbranched alkanes of at least 4 members (excludes halogenated alkanes) is 7. The second-order valence-corrected chi connectivity index (χ2v) is 8.03. The summed E-state index contributed by atoms with van der Waals surface area (Å²) in [5, 5.41) is 9.25. The normalized spacial score (nSPS) is 14.7. The van der Waals surface area contributed by atoms with Gasteiger partial charge in [-0.3, -0.25) is 0 Å². The molecule has 0 spiro atoms. The van der Waals surface area contributed by atoms with Gasteiger partial charge < -0.3 is 0 Å². The van der Waals surface area contributed by atoms with E-state index in [4.69, 9.17) is 0 Å². The average Bonchev–Trinajstić information content (AvgIpc) is 2.95. The molecule has 1 heterocycles. The van der Waals surface area contributed by atoms with E-state index in [1.165, 1.54) is 51.4 Å².